The lowest BCUT2D eigenvalue weighted by molar-refractivity contribution is 0.0981. The molecule has 1 heterocycles. The number of hydrogen-bond acceptors (Lipinski definition) is 4. The first-order chi connectivity index (χ1) is 14.5. The van der Waals surface area contributed by atoms with Crippen LogP contribution in [0.15, 0.2) is 72.8 Å². The number of rotatable bonds is 4. The molecule has 1 amide bonds. The summed E-state index contributed by atoms with van der Waals surface area (Å²) in [6, 6.07) is 22.5. The van der Waals surface area contributed by atoms with Crippen molar-refractivity contribution in [2.75, 3.05) is 5.32 Å². The Morgan fingerprint density at radius 2 is 1.77 bits per heavy atom. The van der Waals surface area contributed by atoms with E-state index in [0.29, 0.717) is 21.3 Å². The Hall–Kier alpha value is -2.93. The number of anilines is 1. The van der Waals surface area contributed by atoms with Crippen LogP contribution in [0.25, 0.3) is 10.1 Å². The molecule has 0 fully saturated rings. The second-order valence-electron chi connectivity index (χ2n) is 6.55. The quantitative estimate of drug-likeness (QED) is 0.335. The molecule has 4 nitrogen and oxygen atoms in total. The van der Waals surface area contributed by atoms with E-state index in [-0.39, 0.29) is 11.0 Å². The molecule has 0 saturated carbocycles. The van der Waals surface area contributed by atoms with Crippen LogP contribution in [0, 0.1) is 6.92 Å². The first-order valence-electron chi connectivity index (χ1n) is 9.13. The molecule has 0 saturated heterocycles. The maximum atomic E-state index is 12.7. The molecule has 0 aliphatic carbocycles. The number of halogens is 1. The van der Waals surface area contributed by atoms with Crippen molar-refractivity contribution in [3.63, 3.8) is 0 Å². The summed E-state index contributed by atoms with van der Waals surface area (Å²) in [7, 11) is 0. The summed E-state index contributed by atoms with van der Waals surface area (Å²) in [5.74, 6) is 1.16. The highest BCUT2D eigenvalue weighted by molar-refractivity contribution is 7.80. The molecule has 0 atom stereocenters. The number of hydrogen-bond donors (Lipinski definition) is 2. The number of benzene rings is 3. The van der Waals surface area contributed by atoms with Gasteiger partial charge in [-0.15, -0.1) is 11.3 Å². The molecule has 1 aromatic heterocycles. The van der Waals surface area contributed by atoms with Crippen molar-refractivity contribution >= 4 is 61.9 Å². The maximum Gasteiger partial charge on any atom is 0.267 e. The zero-order chi connectivity index (χ0) is 21.1. The van der Waals surface area contributed by atoms with Crippen molar-refractivity contribution < 1.29 is 9.53 Å². The lowest BCUT2D eigenvalue weighted by atomic mass is 10.1. The van der Waals surface area contributed by atoms with Gasteiger partial charge in [-0.1, -0.05) is 35.9 Å². The van der Waals surface area contributed by atoms with E-state index in [1.54, 1.807) is 0 Å². The second kappa shape index (κ2) is 8.83. The highest BCUT2D eigenvalue weighted by Gasteiger charge is 2.17. The summed E-state index contributed by atoms with van der Waals surface area (Å²) in [6.45, 7) is 1.91. The first kappa shape index (κ1) is 20.3. The number of carbonyl (C=O) groups excluding carboxylic acids is 1. The fourth-order valence-electron chi connectivity index (χ4n) is 2.99. The van der Waals surface area contributed by atoms with Gasteiger partial charge < -0.3 is 10.1 Å². The molecule has 0 unspecified atom stereocenters. The Labute approximate surface area is 188 Å². The highest BCUT2D eigenvalue weighted by atomic mass is 35.5. The van der Waals surface area contributed by atoms with Crippen LogP contribution in [0.4, 0.5) is 5.69 Å². The molecule has 4 aromatic rings. The molecule has 0 spiro atoms. The normalized spacial score (nSPS) is 10.6. The predicted octanol–water partition coefficient (Wildman–Crippen LogP) is 6.78. The van der Waals surface area contributed by atoms with Gasteiger partial charge in [0.05, 0.1) is 4.88 Å². The van der Waals surface area contributed by atoms with Crippen LogP contribution in [0.2, 0.25) is 5.02 Å². The van der Waals surface area contributed by atoms with Crippen LogP contribution in [0.1, 0.15) is 15.2 Å². The zero-order valence-electron chi connectivity index (χ0n) is 15.9. The monoisotopic (exact) mass is 452 g/mol. The summed E-state index contributed by atoms with van der Waals surface area (Å²) in [4.78, 5) is 13.4. The Morgan fingerprint density at radius 3 is 2.57 bits per heavy atom. The molecule has 4 rings (SSSR count). The predicted molar refractivity (Wildman–Crippen MR) is 128 cm³/mol. The number of thiophene rings is 1. The van der Waals surface area contributed by atoms with Crippen LogP contribution in [0.5, 0.6) is 11.5 Å². The number of ether oxygens (including phenoxy) is 1. The smallest absolute Gasteiger partial charge is 0.267 e. The van der Waals surface area contributed by atoms with E-state index in [1.807, 2.05) is 79.7 Å². The van der Waals surface area contributed by atoms with E-state index in [1.165, 1.54) is 11.3 Å². The number of carbonyl (C=O) groups is 1. The molecular formula is C23H17ClN2O2S2. The van der Waals surface area contributed by atoms with Gasteiger partial charge in [-0.05, 0) is 72.6 Å². The zero-order valence-corrected chi connectivity index (χ0v) is 18.3. The van der Waals surface area contributed by atoms with Crippen LogP contribution in [-0.2, 0) is 0 Å². The minimum atomic E-state index is -0.251. The number of aryl methyl sites for hydroxylation is 1. The summed E-state index contributed by atoms with van der Waals surface area (Å²) in [5.41, 5.74) is 1.60. The van der Waals surface area contributed by atoms with Crippen LogP contribution < -0.4 is 15.4 Å². The average molecular weight is 453 g/mol. The van der Waals surface area contributed by atoms with E-state index in [9.17, 15) is 4.79 Å². The van der Waals surface area contributed by atoms with Crippen molar-refractivity contribution in [2.24, 2.45) is 0 Å². The highest BCUT2D eigenvalue weighted by Crippen LogP contribution is 2.32. The van der Waals surface area contributed by atoms with Crippen molar-refractivity contribution in [1.29, 1.82) is 0 Å². The Morgan fingerprint density at radius 1 is 1.00 bits per heavy atom. The number of thiocarbonyl (C=S) groups is 1. The third kappa shape index (κ3) is 4.62. The van der Waals surface area contributed by atoms with Gasteiger partial charge in [0.25, 0.3) is 5.91 Å². The Kier molecular flexibility index (Phi) is 5.99. The van der Waals surface area contributed by atoms with Crippen molar-refractivity contribution in [3.05, 3.63) is 88.3 Å². The van der Waals surface area contributed by atoms with E-state index in [4.69, 9.17) is 28.6 Å². The maximum absolute atomic E-state index is 12.7. The summed E-state index contributed by atoms with van der Waals surface area (Å²) in [5, 5.41) is 7.61. The fraction of sp³-hybridized carbons (Fsp3) is 0.0435. The van der Waals surface area contributed by atoms with Crippen molar-refractivity contribution in [2.45, 2.75) is 6.92 Å². The molecule has 0 aliphatic heterocycles. The van der Waals surface area contributed by atoms with Crippen LogP contribution >= 0.6 is 35.2 Å². The van der Waals surface area contributed by atoms with Gasteiger partial charge >= 0.3 is 0 Å². The molecule has 0 aliphatic rings. The molecule has 7 heteroatoms. The molecule has 2 N–H and O–H groups in total. The van der Waals surface area contributed by atoms with E-state index < -0.39 is 0 Å². The lowest BCUT2D eigenvalue weighted by Gasteiger charge is -2.11. The molecule has 150 valence electrons. The minimum absolute atomic E-state index is 0.215. The van der Waals surface area contributed by atoms with E-state index in [0.717, 1.165) is 21.4 Å². The summed E-state index contributed by atoms with van der Waals surface area (Å²) < 4.78 is 6.84. The van der Waals surface area contributed by atoms with Gasteiger partial charge in [-0.3, -0.25) is 10.1 Å². The first-order valence-corrected chi connectivity index (χ1v) is 10.7. The summed E-state index contributed by atoms with van der Waals surface area (Å²) in [6.07, 6.45) is 0. The van der Waals surface area contributed by atoms with Gasteiger partial charge in [0.15, 0.2) is 5.11 Å². The molecule has 30 heavy (non-hydrogen) atoms. The third-order valence-corrected chi connectivity index (χ3v) is 6.11. The van der Waals surface area contributed by atoms with E-state index >= 15 is 0 Å². The van der Waals surface area contributed by atoms with Gasteiger partial charge in [0.1, 0.15) is 11.5 Å². The number of amides is 1. The van der Waals surface area contributed by atoms with Gasteiger partial charge in [0, 0.05) is 21.5 Å². The molecule has 0 bridgehead atoms. The van der Waals surface area contributed by atoms with Gasteiger partial charge in [-0.2, -0.15) is 0 Å². The minimum Gasteiger partial charge on any atom is -0.457 e. The third-order valence-electron chi connectivity index (χ3n) is 4.40. The Balaban J connectivity index is 1.44. The number of fused-ring (bicyclic) bond motifs is 1. The lowest BCUT2D eigenvalue weighted by Crippen LogP contribution is -2.33. The SMILES string of the molecule is Cc1c(C(=O)NC(=S)Nc2cccc(Oc3ccccc3)c2)sc2ccc(Cl)cc12. The number of nitrogens with one attached hydrogen (secondary N) is 2. The molecular weight excluding hydrogens is 436 g/mol. The largest absolute Gasteiger partial charge is 0.457 e. The van der Waals surface area contributed by atoms with Gasteiger partial charge in [0.2, 0.25) is 0 Å². The van der Waals surface area contributed by atoms with Crippen LogP contribution in [-0.4, -0.2) is 11.0 Å². The molecule has 3 aromatic carbocycles. The fourth-order valence-corrected chi connectivity index (χ4v) is 4.46. The van der Waals surface area contributed by atoms with Crippen molar-refractivity contribution in [3.8, 4) is 11.5 Å². The molecule has 0 radical (unpaired) electrons. The number of para-hydroxylation sites is 1. The second-order valence-corrected chi connectivity index (χ2v) is 8.44. The van der Waals surface area contributed by atoms with Crippen LogP contribution in [0.3, 0.4) is 0 Å². The van der Waals surface area contributed by atoms with Gasteiger partial charge in [-0.25, -0.2) is 0 Å². The standard InChI is InChI=1S/C23H17ClN2O2S2/c1-14-19-12-15(24)10-11-20(19)30-21(14)22(27)26-23(29)25-16-6-5-9-18(13-16)28-17-7-3-2-4-8-17/h2-13H,1H3,(H2,25,26,27,29). The topological polar surface area (TPSA) is 50.4 Å². The van der Waals surface area contributed by atoms with E-state index in [2.05, 4.69) is 10.6 Å². The Bertz CT molecular complexity index is 1240. The average Bonchev–Trinajstić information content (AvgIpc) is 3.05. The summed E-state index contributed by atoms with van der Waals surface area (Å²) >= 11 is 12.8. The van der Waals surface area contributed by atoms with Crippen molar-refractivity contribution in [1.82, 2.24) is 5.32 Å².